The van der Waals surface area contributed by atoms with Crippen LogP contribution in [0.4, 0.5) is 16.4 Å². The average molecular weight is 1010 g/mol. The van der Waals surface area contributed by atoms with Crippen LogP contribution < -0.4 is 15.1 Å². The number of methoxy groups -OCH3 is 1. The summed E-state index contributed by atoms with van der Waals surface area (Å²) < 4.78 is 11.8. The summed E-state index contributed by atoms with van der Waals surface area (Å²) in [4.78, 5) is 94.9. The van der Waals surface area contributed by atoms with Gasteiger partial charge in [0.1, 0.15) is 29.4 Å². The van der Waals surface area contributed by atoms with Gasteiger partial charge in [0, 0.05) is 50.7 Å². The lowest BCUT2D eigenvalue weighted by Gasteiger charge is -2.46. The first-order valence-corrected chi connectivity index (χ1v) is 25.2. The second kappa shape index (κ2) is 21.2. The van der Waals surface area contributed by atoms with E-state index in [2.05, 4.69) is 32.0 Å². The number of anilines is 2. The molecule has 5 aromatic carbocycles. The number of fused-ring (bicyclic) bond motifs is 3. The number of esters is 2. The Bertz CT molecular complexity index is 3130. The standard InChI is InChI=1S/C59H58N8O8/c1-38(2)48(54(70)74-4)62-58(73)66-46-28-23-39(18-14-31-63(3)37-40-16-8-5-9-17-40)36-45(46)59(56(66)72)47(53(69)64-32-34-65(35-33-64)57-60-29-15-30-61-57)50-55(71)75-51(42-21-12-7-13-22-42)49(41-19-10-6-11-20-41)67(50)52(59)43-24-26-44(68)27-25-43/h5-13,15-17,19-30,36,38,47-52,68H,31-35,37H2,1-4H3,(H,62,73)/t47-,48+,49-,50-,51+,52+,59-/m1/s1. The van der Waals surface area contributed by atoms with E-state index in [9.17, 15) is 9.90 Å². The number of ether oxygens (including phenoxy) is 2. The average Bonchev–Trinajstić information content (AvgIpc) is 4.03. The lowest BCUT2D eigenvalue weighted by atomic mass is 9.64. The van der Waals surface area contributed by atoms with E-state index < -0.39 is 77.3 Å². The molecule has 6 aromatic rings. The summed E-state index contributed by atoms with van der Waals surface area (Å²) in [6.45, 7) is 5.59. The number of urea groups is 1. The number of piperazine rings is 1. The highest BCUT2D eigenvalue weighted by Crippen LogP contribution is 2.66. The molecule has 4 aliphatic rings. The number of carbonyl (C=O) groups is 5. The van der Waals surface area contributed by atoms with E-state index in [0.717, 1.165) is 16.0 Å². The van der Waals surface area contributed by atoms with Gasteiger partial charge < -0.3 is 29.7 Å². The zero-order valence-corrected chi connectivity index (χ0v) is 42.2. The minimum Gasteiger partial charge on any atom is -0.508 e. The molecular formula is C59H58N8O8. The number of nitrogens with zero attached hydrogens (tertiary/aromatic N) is 7. The number of benzene rings is 5. The maximum Gasteiger partial charge on any atom is 0.329 e. The second-order valence-corrected chi connectivity index (χ2v) is 19.7. The van der Waals surface area contributed by atoms with Crippen molar-refractivity contribution in [3.05, 3.63) is 185 Å². The van der Waals surface area contributed by atoms with Gasteiger partial charge in [-0.25, -0.2) is 24.5 Å². The van der Waals surface area contributed by atoms with Crippen molar-refractivity contribution in [2.24, 2.45) is 11.8 Å². The van der Waals surface area contributed by atoms with Crippen LogP contribution in [0.3, 0.4) is 0 Å². The van der Waals surface area contributed by atoms with E-state index in [4.69, 9.17) is 9.47 Å². The number of amides is 4. The Balaban J connectivity index is 1.21. The van der Waals surface area contributed by atoms with Crippen molar-refractivity contribution in [3.63, 3.8) is 0 Å². The molecule has 0 saturated carbocycles. The number of rotatable bonds is 11. The van der Waals surface area contributed by atoms with Crippen molar-refractivity contribution >= 4 is 41.4 Å². The number of phenolic OH excluding ortho intramolecular Hbond substituents is 1. The largest absolute Gasteiger partial charge is 0.508 e. The van der Waals surface area contributed by atoms with E-state index in [1.807, 2.05) is 108 Å². The fourth-order valence-electron chi connectivity index (χ4n) is 11.4. The van der Waals surface area contributed by atoms with E-state index in [-0.39, 0.29) is 30.1 Å². The number of hydrogen-bond donors (Lipinski definition) is 2. The van der Waals surface area contributed by atoms with Crippen molar-refractivity contribution in [1.29, 1.82) is 0 Å². The highest BCUT2D eigenvalue weighted by atomic mass is 16.6. The smallest absolute Gasteiger partial charge is 0.329 e. The molecule has 4 aliphatic heterocycles. The van der Waals surface area contributed by atoms with Crippen LogP contribution >= 0.6 is 0 Å². The molecule has 0 radical (unpaired) electrons. The molecule has 3 saturated heterocycles. The first-order valence-electron chi connectivity index (χ1n) is 25.2. The van der Waals surface area contributed by atoms with Crippen molar-refractivity contribution in [2.75, 3.05) is 56.7 Å². The molecule has 382 valence electrons. The quantitative estimate of drug-likeness (QED) is 0.105. The Morgan fingerprint density at radius 2 is 1.45 bits per heavy atom. The fraction of sp³-hybridized carbons (Fsp3) is 0.305. The first-order chi connectivity index (χ1) is 36.4. The molecular weight excluding hydrogens is 949 g/mol. The van der Waals surface area contributed by atoms with Gasteiger partial charge in [0.2, 0.25) is 17.8 Å². The predicted octanol–water partition coefficient (Wildman–Crippen LogP) is 6.59. The fourth-order valence-corrected chi connectivity index (χ4v) is 11.4. The predicted molar refractivity (Wildman–Crippen MR) is 280 cm³/mol. The number of hydrogen-bond acceptors (Lipinski definition) is 13. The highest BCUT2D eigenvalue weighted by molar-refractivity contribution is 6.25. The summed E-state index contributed by atoms with van der Waals surface area (Å²) in [5.41, 5.74) is 1.87. The van der Waals surface area contributed by atoms with E-state index in [0.29, 0.717) is 48.8 Å². The highest BCUT2D eigenvalue weighted by Gasteiger charge is 2.76. The van der Waals surface area contributed by atoms with Crippen molar-refractivity contribution < 1.29 is 38.6 Å². The van der Waals surface area contributed by atoms with Crippen LogP contribution in [0, 0.1) is 23.7 Å². The normalized spacial score (nSPS) is 22.5. The lowest BCUT2D eigenvalue weighted by Crippen LogP contribution is -2.60. The van der Waals surface area contributed by atoms with Gasteiger partial charge in [-0.3, -0.25) is 24.2 Å². The van der Waals surface area contributed by atoms with Gasteiger partial charge in [-0.1, -0.05) is 129 Å². The molecule has 16 nitrogen and oxygen atoms in total. The maximum atomic E-state index is 16.8. The number of cyclic esters (lactones) is 1. The van der Waals surface area contributed by atoms with Crippen molar-refractivity contribution in [3.8, 4) is 17.6 Å². The van der Waals surface area contributed by atoms with Crippen LogP contribution in [-0.2, 0) is 40.6 Å². The third kappa shape index (κ3) is 9.34. The molecule has 2 N–H and O–H groups in total. The Hall–Kier alpha value is -8.39. The minimum atomic E-state index is -2.08. The molecule has 3 fully saturated rings. The second-order valence-electron chi connectivity index (χ2n) is 19.7. The van der Waals surface area contributed by atoms with E-state index >= 15 is 19.2 Å². The van der Waals surface area contributed by atoms with Gasteiger partial charge in [-0.05, 0) is 77.2 Å². The third-order valence-electron chi connectivity index (χ3n) is 14.8. The number of morpholine rings is 1. The molecule has 1 aromatic heterocycles. The third-order valence-corrected chi connectivity index (χ3v) is 14.8. The van der Waals surface area contributed by atoms with Crippen LogP contribution in [0.5, 0.6) is 5.75 Å². The first kappa shape index (κ1) is 50.2. The minimum absolute atomic E-state index is 0.0495. The molecule has 75 heavy (non-hydrogen) atoms. The van der Waals surface area contributed by atoms with Gasteiger partial charge in [0.05, 0.1) is 37.3 Å². The summed E-state index contributed by atoms with van der Waals surface area (Å²) in [5, 5.41) is 13.7. The SMILES string of the molecule is COC(=O)[C@@H](NC(=O)N1C(=O)[C@@]2(c3cc(C#CCN(C)Cc4ccccc4)ccc31)[C@H](c1ccc(O)cc1)N1[C@H](c3ccccc3)[C@H](c3ccccc3)OC(=O)[C@H]1[C@@H]2C(=O)N1CCN(c2ncccn2)CC1)C(C)C. The number of nitrogens with one attached hydrogen (secondary N) is 1. The Labute approximate surface area is 435 Å². The summed E-state index contributed by atoms with van der Waals surface area (Å²) in [7, 11) is 3.19. The topological polar surface area (TPSA) is 178 Å². The molecule has 1 spiro atoms. The summed E-state index contributed by atoms with van der Waals surface area (Å²) in [6.07, 6.45) is 2.37. The van der Waals surface area contributed by atoms with Gasteiger partial charge in [0.15, 0.2) is 0 Å². The summed E-state index contributed by atoms with van der Waals surface area (Å²) in [6, 6.07) is 36.7. The maximum absolute atomic E-state index is 16.8. The van der Waals surface area contributed by atoms with Crippen molar-refractivity contribution in [2.45, 2.75) is 56.1 Å². The Morgan fingerprint density at radius 3 is 2.09 bits per heavy atom. The number of phenols is 1. The number of aromatic hydroxyl groups is 1. The number of carbonyl (C=O) groups excluding carboxylic acids is 5. The Morgan fingerprint density at radius 1 is 0.813 bits per heavy atom. The van der Waals surface area contributed by atoms with Crippen LogP contribution in [0.25, 0.3) is 0 Å². The molecule has 5 heterocycles. The molecule has 7 atom stereocenters. The van der Waals surface area contributed by atoms with Gasteiger partial charge in [-0.2, -0.15) is 0 Å². The molecule has 0 bridgehead atoms. The molecule has 4 amide bonds. The van der Waals surface area contributed by atoms with Gasteiger partial charge in [0.25, 0.3) is 0 Å². The Kier molecular flexibility index (Phi) is 14.2. The lowest BCUT2D eigenvalue weighted by molar-refractivity contribution is -0.179. The summed E-state index contributed by atoms with van der Waals surface area (Å²) in [5.74, 6) is 2.34. The zero-order valence-electron chi connectivity index (χ0n) is 42.2. The van der Waals surface area contributed by atoms with Crippen LogP contribution in [0.15, 0.2) is 152 Å². The van der Waals surface area contributed by atoms with E-state index in [1.54, 1.807) is 67.5 Å². The van der Waals surface area contributed by atoms with Crippen LogP contribution in [-0.4, -0.2) is 119 Å². The number of imide groups is 1. The number of aromatic nitrogens is 2. The zero-order chi connectivity index (χ0) is 52.4. The van der Waals surface area contributed by atoms with Gasteiger partial charge >= 0.3 is 18.0 Å². The monoisotopic (exact) mass is 1010 g/mol. The molecule has 10 rings (SSSR count). The van der Waals surface area contributed by atoms with Crippen molar-refractivity contribution in [1.82, 2.24) is 30.0 Å². The molecule has 16 heteroatoms. The molecule has 0 unspecified atom stereocenters. The van der Waals surface area contributed by atoms with Crippen LogP contribution in [0.2, 0.25) is 0 Å². The van der Waals surface area contributed by atoms with E-state index in [1.165, 1.54) is 19.2 Å². The molecule has 0 aliphatic carbocycles. The summed E-state index contributed by atoms with van der Waals surface area (Å²) >= 11 is 0. The van der Waals surface area contributed by atoms with Crippen LogP contribution in [0.1, 0.15) is 65.4 Å². The van der Waals surface area contributed by atoms with Gasteiger partial charge in [-0.15, -0.1) is 0 Å².